The number of phenolic OH excluding ortho intramolecular Hbond substituents is 1. The van der Waals surface area contributed by atoms with Crippen molar-refractivity contribution >= 4 is 0 Å². The number of methoxy groups -OCH3 is 1. The number of aromatic hydroxyl groups is 1. The summed E-state index contributed by atoms with van der Waals surface area (Å²) in [5.74, 6) is -1.34. The Kier molecular flexibility index (Phi) is 2.50. The molecule has 0 atom stereocenters. The number of hydrogen-bond acceptors (Lipinski definition) is 3. The highest BCUT2D eigenvalue weighted by Gasteiger charge is 2.11. The van der Waals surface area contributed by atoms with Gasteiger partial charge in [-0.15, -0.1) is 0 Å². The molecule has 0 aliphatic heterocycles. The van der Waals surface area contributed by atoms with Crippen LogP contribution in [-0.4, -0.2) is 17.3 Å². The third kappa shape index (κ3) is 1.33. The number of phenols is 1. The molecule has 4 heteroatoms. The molecular formula is C8H9FO3. The van der Waals surface area contributed by atoms with Crippen molar-refractivity contribution in [1.29, 1.82) is 0 Å². The van der Waals surface area contributed by atoms with Gasteiger partial charge in [-0.05, 0) is 12.1 Å². The second-order valence-electron chi connectivity index (χ2n) is 2.25. The van der Waals surface area contributed by atoms with Crippen molar-refractivity contribution in [3.05, 3.63) is 23.5 Å². The van der Waals surface area contributed by atoms with Gasteiger partial charge >= 0.3 is 0 Å². The van der Waals surface area contributed by atoms with Crippen molar-refractivity contribution in [1.82, 2.24) is 0 Å². The lowest BCUT2D eigenvalue weighted by Gasteiger charge is -2.07. The Labute approximate surface area is 69.0 Å². The summed E-state index contributed by atoms with van der Waals surface area (Å²) in [7, 11) is 1.30. The molecule has 12 heavy (non-hydrogen) atoms. The maximum absolute atomic E-state index is 12.7. The molecule has 0 bridgehead atoms. The summed E-state index contributed by atoms with van der Waals surface area (Å²) in [5.41, 5.74) is 0.358. The van der Waals surface area contributed by atoms with Gasteiger partial charge in [0.05, 0.1) is 13.7 Å². The van der Waals surface area contributed by atoms with Crippen LogP contribution in [0.4, 0.5) is 4.39 Å². The third-order valence-electron chi connectivity index (χ3n) is 1.54. The second-order valence-corrected chi connectivity index (χ2v) is 2.25. The zero-order chi connectivity index (χ0) is 9.14. The molecule has 0 amide bonds. The highest BCUT2D eigenvalue weighted by atomic mass is 19.1. The smallest absolute Gasteiger partial charge is 0.194 e. The topological polar surface area (TPSA) is 49.7 Å². The lowest BCUT2D eigenvalue weighted by atomic mass is 10.2. The molecule has 0 saturated carbocycles. The number of hydrogen-bond donors (Lipinski definition) is 2. The predicted molar refractivity (Wildman–Crippen MR) is 40.5 cm³/mol. The Hall–Kier alpha value is -1.29. The van der Waals surface area contributed by atoms with E-state index in [9.17, 15) is 4.39 Å². The third-order valence-corrected chi connectivity index (χ3v) is 1.54. The van der Waals surface area contributed by atoms with Gasteiger partial charge < -0.3 is 14.9 Å². The number of benzene rings is 1. The first kappa shape index (κ1) is 8.80. The molecule has 0 aromatic heterocycles. The molecule has 0 aliphatic rings. The molecule has 0 saturated heterocycles. The van der Waals surface area contributed by atoms with E-state index in [-0.39, 0.29) is 12.4 Å². The normalized spacial score (nSPS) is 9.92. The Morgan fingerprint density at radius 1 is 1.50 bits per heavy atom. The van der Waals surface area contributed by atoms with Crippen LogP contribution < -0.4 is 4.74 Å². The first-order valence-electron chi connectivity index (χ1n) is 3.36. The highest BCUT2D eigenvalue weighted by molar-refractivity contribution is 5.46. The molecule has 66 valence electrons. The van der Waals surface area contributed by atoms with E-state index in [0.29, 0.717) is 5.56 Å². The zero-order valence-electron chi connectivity index (χ0n) is 6.54. The fourth-order valence-corrected chi connectivity index (χ4v) is 0.941. The van der Waals surface area contributed by atoms with Gasteiger partial charge in [-0.3, -0.25) is 0 Å². The Morgan fingerprint density at radius 2 is 2.17 bits per heavy atom. The summed E-state index contributed by atoms with van der Waals surface area (Å²) < 4.78 is 17.4. The van der Waals surface area contributed by atoms with E-state index < -0.39 is 11.6 Å². The fourth-order valence-electron chi connectivity index (χ4n) is 0.941. The van der Waals surface area contributed by atoms with Crippen LogP contribution in [0, 0.1) is 5.82 Å². The quantitative estimate of drug-likeness (QED) is 0.700. The van der Waals surface area contributed by atoms with Crippen molar-refractivity contribution in [3.63, 3.8) is 0 Å². The second kappa shape index (κ2) is 3.40. The number of halogens is 1. The van der Waals surface area contributed by atoms with E-state index in [2.05, 4.69) is 0 Å². The van der Waals surface area contributed by atoms with Crippen LogP contribution in [0.3, 0.4) is 0 Å². The molecule has 0 spiro atoms. The largest absolute Gasteiger partial charge is 0.502 e. The summed E-state index contributed by atoms with van der Waals surface area (Å²) >= 11 is 0. The summed E-state index contributed by atoms with van der Waals surface area (Å²) in [6.07, 6.45) is 0. The van der Waals surface area contributed by atoms with Gasteiger partial charge in [0, 0.05) is 5.56 Å². The maximum Gasteiger partial charge on any atom is 0.194 e. The molecule has 0 aliphatic carbocycles. The summed E-state index contributed by atoms with van der Waals surface area (Å²) in [4.78, 5) is 0. The van der Waals surface area contributed by atoms with Gasteiger partial charge in [0.25, 0.3) is 0 Å². The van der Waals surface area contributed by atoms with E-state index in [0.717, 1.165) is 6.07 Å². The molecule has 1 aromatic rings. The lowest BCUT2D eigenvalue weighted by molar-refractivity contribution is 0.269. The zero-order valence-corrected chi connectivity index (χ0v) is 6.54. The molecule has 3 nitrogen and oxygen atoms in total. The van der Waals surface area contributed by atoms with Gasteiger partial charge in [0.15, 0.2) is 17.3 Å². The molecular weight excluding hydrogens is 163 g/mol. The standard InChI is InChI=1S/C8H9FO3/c1-12-8-5(4-10)2-3-6(9)7(8)11/h2-3,10-11H,4H2,1H3. The Balaban J connectivity index is 3.25. The highest BCUT2D eigenvalue weighted by Crippen LogP contribution is 2.32. The minimum absolute atomic E-state index is 0.0162. The molecule has 1 aromatic carbocycles. The summed E-state index contributed by atoms with van der Waals surface area (Å²) in [6.45, 7) is -0.295. The van der Waals surface area contributed by atoms with Gasteiger partial charge in [-0.1, -0.05) is 0 Å². The molecule has 1 rings (SSSR count). The van der Waals surface area contributed by atoms with Gasteiger partial charge in [-0.2, -0.15) is 0 Å². The van der Waals surface area contributed by atoms with Crippen LogP contribution in [-0.2, 0) is 6.61 Å². The predicted octanol–water partition coefficient (Wildman–Crippen LogP) is 1.03. The van der Waals surface area contributed by atoms with Crippen LogP contribution in [0.25, 0.3) is 0 Å². The Bertz CT molecular complexity index is 286. The first-order chi connectivity index (χ1) is 5.70. The van der Waals surface area contributed by atoms with E-state index in [1.165, 1.54) is 13.2 Å². The Morgan fingerprint density at radius 3 is 2.67 bits per heavy atom. The molecule has 2 N–H and O–H groups in total. The average Bonchev–Trinajstić information content (AvgIpc) is 2.09. The van der Waals surface area contributed by atoms with Crippen molar-refractivity contribution in [2.75, 3.05) is 7.11 Å². The minimum atomic E-state index is -0.760. The average molecular weight is 172 g/mol. The number of aliphatic hydroxyl groups is 1. The number of rotatable bonds is 2. The van der Waals surface area contributed by atoms with Crippen molar-refractivity contribution < 1.29 is 19.3 Å². The van der Waals surface area contributed by atoms with Gasteiger partial charge in [-0.25, -0.2) is 4.39 Å². The van der Waals surface area contributed by atoms with E-state index in [4.69, 9.17) is 14.9 Å². The van der Waals surface area contributed by atoms with Crippen molar-refractivity contribution in [2.24, 2.45) is 0 Å². The van der Waals surface area contributed by atoms with E-state index in [1.807, 2.05) is 0 Å². The van der Waals surface area contributed by atoms with E-state index >= 15 is 0 Å². The molecule has 0 heterocycles. The fraction of sp³-hybridized carbons (Fsp3) is 0.250. The van der Waals surface area contributed by atoms with Crippen LogP contribution in [0.1, 0.15) is 5.56 Å². The van der Waals surface area contributed by atoms with Crippen LogP contribution in [0.2, 0.25) is 0 Å². The van der Waals surface area contributed by atoms with Crippen molar-refractivity contribution in [3.8, 4) is 11.5 Å². The van der Waals surface area contributed by atoms with Gasteiger partial charge in [0.2, 0.25) is 0 Å². The first-order valence-corrected chi connectivity index (χ1v) is 3.36. The van der Waals surface area contributed by atoms with Crippen LogP contribution in [0.5, 0.6) is 11.5 Å². The number of aliphatic hydroxyl groups excluding tert-OH is 1. The minimum Gasteiger partial charge on any atom is -0.502 e. The summed E-state index contributed by atoms with van der Waals surface area (Å²) in [6, 6.07) is 2.43. The maximum atomic E-state index is 12.7. The molecule has 0 unspecified atom stereocenters. The molecule has 0 radical (unpaired) electrons. The van der Waals surface area contributed by atoms with Crippen LogP contribution in [0.15, 0.2) is 12.1 Å². The monoisotopic (exact) mass is 172 g/mol. The summed E-state index contributed by atoms with van der Waals surface area (Å²) in [5, 5.41) is 17.8. The number of ether oxygens (including phenoxy) is 1. The van der Waals surface area contributed by atoms with Gasteiger partial charge in [0.1, 0.15) is 0 Å². The lowest BCUT2D eigenvalue weighted by Crippen LogP contribution is -1.93. The van der Waals surface area contributed by atoms with Crippen molar-refractivity contribution in [2.45, 2.75) is 6.61 Å². The molecule has 0 fully saturated rings. The van der Waals surface area contributed by atoms with E-state index in [1.54, 1.807) is 0 Å². The van der Waals surface area contributed by atoms with Crippen LogP contribution >= 0.6 is 0 Å². The SMILES string of the molecule is COc1c(CO)ccc(F)c1O.